The second-order valence-electron chi connectivity index (χ2n) is 9.02. The van der Waals surface area contributed by atoms with Gasteiger partial charge in [0.1, 0.15) is 17.4 Å². The Bertz CT molecular complexity index is 1210. The average Bonchev–Trinajstić information content (AvgIpc) is 3.56. The first kappa shape index (κ1) is 24.5. The quantitative estimate of drug-likeness (QED) is 0.431. The van der Waals surface area contributed by atoms with Gasteiger partial charge in [-0.25, -0.2) is 4.98 Å². The van der Waals surface area contributed by atoms with Gasteiger partial charge in [-0.3, -0.25) is 9.69 Å². The van der Waals surface area contributed by atoms with Gasteiger partial charge in [-0.1, -0.05) is 6.07 Å². The standard InChI is InChI=1S/C27H31N3O5S/c1-19-3-5-23(13-20(19)2)33-16-26-28-22(17-36-26)15-30(8-7-29-9-11-32-12-10-29)27(31)21-4-6-24-25(14-21)35-18-34-24/h3-6,13-14,17H,7-12,15-16,18H2,1-2H3. The van der Waals surface area contributed by atoms with Crippen LogP contribution in [0.15, 0.2) is 41.8 Å². The van der Waals surface area contributed by atoms with Crippen LogP contribution in [0.25, 0.3) is 0 Å². The van der Waals surface area contributed by atoms with Crippen molar-refractivity contribution in [3.8, 4) is 17.2 Å². The summed E-state index contributed by atoms with van der Waals surface area (Å²) in [5, 5.41) is 2.89. The maximum Gasteiger partial charge on any atom is 0.254 e. The first-order valence-electron chi connectivity index (χ1n) is 12.2. The molecule has 0 unspecified atom stereocenters. The van der Waals surface area contributed by atoms with Gasteiger partial charge < -0.3 is 23.8 Å². The van der Waals surface area contributed by atoms with Crippen LogP contribution < -0.4 is 14.2 Å². The lowest BCUT2D eigenvalue weighted by Crippen LogP contribution is -2.43. The molecule has 190 valence electrons. The molecule has 3 aromatic rings. The highest BCUT2D eigenvalue weighted by Gasteiger charge is 2.22. The number of aryl methyl sites for hydroxylation is 2. The van der Waals surface area contributed by atoms with E-state index in [9.17, 15) is 4.79 Å². The summed E-state index contributed by atoms with van der Waals surface area (Å²) in [6.45, 7) is 9.76. The molecule has 2 aromatic carbocycles. The SMILES string of the molecule is Cc1ccc(OCc2nc(CN(CCN3CCOCC3)C(=O)c3ccc4c(c3)OCO4)cs2)cc1C. The minimum absolute atomic E-state index is 0.0532. The van der Waals surface area contributed by atoms with E-state index in [4.69, 9.17) is 23.9 Å². The van der Waals surface area contributed by atoms with Crippen LogP contribution in [0.1, 0.15) is 32.2 Å². The van der Waals surface area contributed by atoms with Crippen LogP contribution in [0.4, 0.5) is 0 Å². The number of hydrogen-bond acceptors (Lipinski definition) is 8. The molecule has 1 fully saturated rings. The highest BCUT2D eigenvalue weighted by Crippen LogP contribution is 2.33. The van der Waals surface area contributed by atoms with E-state index in [2.05, 4.69) is 24.8 Å². The fourth-order valence-corrected chi connectivity index (χ4v) is 4.88. The predicted molar refractivity (Wildman–Crippen MR) is 137 cm³/mol. The zero-order chi connectivity index (χ0) is 24.9. The second-order valence-corrected chi connectivity index (χ2v) is 9.96. The van der Waals surface area contributed by atoms with Crippen molar-refractivity contribution in [3.05, 3.63) is 69.2 Å². The summed E-state index contributed by atoms with van der Waals surface area (Å²) in [6, 6.07) is 11.4. The molecule has 8 nitrogen and oxygen atoms in total. The molecular formula is C27H31N3O5S. The molecule has 1 aromatic heterocycles. The molecular weight excluding hydrogens is 478 g/mol. The number of ether oxygens (including phenoxy) is 4. The Morgan fingerprint density at radius 3 is 2.75 bits per heavy atom. The van der Waals surface area contributed by atoms with Crippen LogP contribution in [0, 0.1) is 13.8 Å². The number of carbonyl (C=O) groups excluding carboxylic acids is 1. The van der Waals surface area contributed by atoms with E-state index in [1.807, 2.05) is 22.4 Å². The molecule has 9 heteroatoms. The summed E-state index contributed by atoms with van der Waals surface area (Å²) in [7, 11) is 0. The molecule has 0 atom stereocenters. The number of amides is 1. The lowest BCUT2D eigenvalue weighted by molar-refractivity contribution is 0.0319. The predicted octanol–water partition coefficient (Wildman–Crippen LogP) is 4.04. The maximum atomic E-state index is 13.5. The van der Waals surface area contributed by atoms with Crippen LogP contribution in [0.2, 0.25) is 0 Å². The summed E-state index contributed by atoms with van der Waals surface area (Å²) in [5.41, 5.74) is 3.87. The third-order valence-electron chi connectivity index (χ3n) is 6.49. The molecule has 1 amide bonds. The Hall–Kier alpha value is -3.14. The fraction of sp³-hybridized carbons (Fsp3) is 0.407. The van der Waals surface area contributed by atoms with E-state index in [0.29, 0.717) is 36.8 Å². The summed E-state index contributed by atoms with van der Waals surface area (Å²) in [6.07, 6.45) is 0. The van der Waals surface area contributed by atoms with Gasteiger partial charge in [-0.05, 0) is 55.3 Å². The largest absolute Gasteiger partial charge is 0.486 e. The Labute approximate surface area is 215 Å². The van der Waals surface area contributed by atoms with Gasteiger partial charge in [0.05, 0.1) is 25.5 Å². The maximum absolute atomic E-state index is 13.5. The Morgan fingerprint density at radius 2 is 1.92 bits per heavy atom. The minimum Gasteiger partial charge on any atom is -0.486 e. The number of nitrogens with zero attached hydrogens (tertiary/aromatic N) is 3. The van der Waals surface area contributed by atoms with Crippen molar-refractivity contribution in [2.24, 2.45) is 0 Å². The molecule has 5 rings (SSSR count). The third kappa shape index (κ3) is 5.98. The van der Waals surface area contributed by atoms with Crippen LogP contribution in [0.3, 0.4) is 0 Å². The lowest BCUT2D eigenvalue weighted by atomic mass is 10.1. The van der Waals surface area contributed by atoms with Gasteiger partial charge in [0.2, 0.25) is 6.79 Å². The number of hydrogen-bond donors (Lipinski definition) is 0. The molecule has 0 saturated carbocycles. The molecule has 2 aliphatic heterocycles. The Balaban J connectivity index is 1.26. The van der Waals surface area contributed by atoms with Crippen molar-refractivity contribution in [1.29, 1.82) is 0 Å². The number of carbonyl (C=O) groups is 1. The van der Waals surface area contributed by atoms with Gasteiger partial charge in [0.25, 0.3) is 5.91 Å². The highest BCUT2D eigenvalue weighted by molar-refractivity contribution is 7.09. The van der Waals surface area contributed by atoms with Crippen molar-refractivity contribution in [2.75, 3.05) is 46.2 Å². The molecule has 2 aliphatic rings. The van der Waals surface area contributed by atoms with E-state index < -0.39 is 0 Å². The summed E-state index contributed by atoms with van der Waals surface area (Å²) >= 11 is 1.55. The lowest BCUT2D eigenvalue weighted by Gasteiger charge is -2.30. The van der Waals surface area contributed by atoms with Gasteiger partial charge in [-0.15, -0.1) is 11.3 Å². The van der Waals surface area contributed by atoms with Gasteiger partial charge in [-0.2, -0.15) is 0 Å². The first-order chi connectivity index (χ1) is 17.5. The zero-order valence-corrected chi connectivity index (χ0v) is 21.5. The average molecular weight is 510 g/mol. The van der Waals surface area contributed by atoms with Crippen molar-refractivity contribution < 1.29 is 23.7 Å². The van der Waals surface area contributed by atoms with E-state index in [1.54, 1.807) is 29.5 Å². The molecule has 3 heterocycles. The van der Waals surface area contributed by atoms with Crippen LogP contribution >= 0.6 is 11.3 Å². The topological polar surface area (TPSA) is 73.4 Å². The summed E-state index contributed by atoms with van der Waals surface area (Å²) in [5.74, 6) is 2.05. The monoisotopic (exact) mass is 509 g/mol. The van der Waals surface area contributed by atoms with Crippen molar-refractivity contribution in [1.82, 2.24) is 14.8 Å². The molecule has 36 heavy (non-hydrogen) atoms. The molecule has 0 bridgehead atoms. The summed E-state index contributed by atoms with van der Waals surface area (Å²) < 4.78 is 22.3. The summed E-state index contributed by atoms with van der Waals surface area (Å²) in [4.78, 5) is 22.5. The second kappa shape index (κ2) is 11.3. The van der Waals surface area contributed by atoms with Gasteiger partial charge >= 0.3 is 0 Å². The zero-order valence-electron chi connectivity index (χ0n) is 20.7. The van der Waals surface area contributed by atoms with Crippen molar-refractivity contribution >= 4 is 17.2 Å². The van der Waals surface area contributed by atoms with Crippen LogP contribution in [-0.4, -0.2) is 66.9 Å². The highest BCUT2D eigenvalue weighted by atomic mass is 32.1. The van der Waals surface area contributed by atoms with Crippen LogP contribution in [0.5, 0.6) is 17.2 Å². The third-order valence-corrected chi connectivity index (χ3v) is 7.36. The molecule has 0 radical (unpaired) electrons. The number of rotatable bonds is 9. The Morgan fingerprint density at radius 1 is 1.08 bits per heavy atom. The van der Waals surface area contributed by atoms with Gasteiger partial charge in [0.15, 0.2) is 11.5 Å². The number of benzene rings is 2. The molecule has 0 N–H and O–H groups in total. The fourth-order valence-electron chi connectivity index (χ4n) is 4.18. The van der Waals surface area contributed by atoms with E-state index in [0.717, 1.165) is 49.3 Å². The van der Waals surface area contributed by atoms with E-state index >= 15 is 0 Å². The number of morpholine rings is 1. The van der Waals surface area contributed by atoms with E-state index in [-0.39, 0.29) is 12.7 Å². The van der Waals surface area contributed by atoms with E-state index in [1.165, 1.54) is 11.1 Å². The molecule has 0 spiro atoms. The number of aromatic nitrogens is 1. The first-order valence-corrected chi connectivity index (χ1v) is 13.1. The van der Waals surface area contributed by atoms with Crippen molar-refractivity contribution in [2.45, 2.75) is 27.0 Å². The smallest absolute Gasteiger partial charge is 0.254 e. The minimum atomic E-state index is -0.0532. The Kier molecular flexibility index (Phi) is 7.69. The van der Waals surface area contributed by atoms with Gasteiger partial charge in [0, 0.05) is 37.1 Å². The van der Waals surface area contributed by atoms with Crippen LogP contribution in [-0.2, 0) is 17.9 Å². The molecule has 1 saturated heterocycles. The number of thiazole rings is 1. The van der Waals surface area contributed by atoms with Crippen molar-refractivity contribution in [3.63, 3.8) is 0 Å². The number of fused-ring (bicyclic) bond motifs is 1. The normalized spacial score (nSPS) is 15.2. The molecule has 0 aliphatic carbocycles.